The first kappa shape index (κ1) is 19.3. The van der Waals surface area contributed by atoms with E-state index in [0.29, 0.717) is 24.5 Å². The molecule has 138 valence electrons. The second-order valence-corrected chi connectivity index (χ2v) is 5.71. The van der Waals surface area contributed by atoms with Crippen LogP contribution in [-0.2, 0) is 0 Å². The fourth-order valence-corrected chi connectivity index (χ4v) is 2.29. The Bertz CT molecular complexity index is 755. The summed E-state index contributed by atoms with van der Waals surface area (Å²) in [5, 5.41) is 4.04. The fraction of sp³-hybridized carbons (Fsp3) is 0.300. The molecule has 0 saturated carbocycles. The Morgan fingerprint density at radius 1 is 1.08 bits per heavy atom. The molecule has 0 spiro atoms. The van der Waals surface area contributed by atoms with Crippen molar-refractivity contribution in [3.05, 3.63) is 53.6 Å². The van der Waals surface area contributed by atoms with Crippen LogP contribution >= 0.6 is 0 Å². The van der Waals surface area contributed by atoms with Crippen molar-refractivity contribution < 1.29 is 14.3 Å². The van der Waals surface area contributed by atoms with Crippen molar-refractivity contribution in [1.82, 2.24) is 5.43 Å². The van der Waals surface area contributed by atoms with Crippen molar-refractivity contribution in [2.24, 2.45) is 5.10 Å². The van der Waals surface area contributed by atoms with Gasteiger partial charge in [0.05, 0.1) is 19.4 Å². The standard InChI is InChI=1S/C20H25N3O3/c1-5-25-18-12-9-16(19(13-18)26-6-2)14-21-22-20(24)15-7-10-17(11-8-15)23(3)4/h7-14H,5-6H2,1-4H3,(H,22,24)/b21-14+. The molecule has 1 N–H and O–H groups in total. The maximum absolute atomic E-state index is 12.2. The lowest BCUT2D eigenvalue weighted by Gasteiger charge is -2.12. The van der Waals surface area contributed by atoms with Crippen molar-refractivity contribution in [1.29, 1.82) is 0 Å². The third-order valence-electron chi connectivity index (χ3n) is 3.61. The van der Waals surface area contributed by atoms with E-state index in [-0.39, 0.29) is 5.91 Å². The Morgan fingerprint density at radius 3 is 2.38 bits per heavy atom. The molecule has 0 aliphatic heterocycles. The Balaban J connectivity index is 2.05. The van der Waals surface area contributed by atoms with Crippen molar-refractivity contribution in [2.45, 2.75) is 13.8 Å². The quantitative estimate of drug-likeness (QED) is 0.583. The number of hydrogen-bond donors (Lipinski definition) is 1. The number of nitrogens with one attached hydrogen (secondary N) is 1. The molecule has 0 aromatic heterocycles. The maximum Gasteiger partial charge on any atom is 0.271 e. The summed E-state index contributed by atoms with van der Waals surface area (Å²) in [6.07, 6.45) is 1.56. The summed E-state index contributed by atoms with van der Waals surface area (Å²) in [4.78, 5) is 14.1. The van der Waals surface area contributed by atoms with Crippen LogP contribution < -0.4 is 19.8 Å². The molecule has 2 aromatic rings. The number of anilines is 1. The molecule has 0 saturated heterocycles. The molecule has 0 atom stereocenters. The number of hydrogen-bond acceptors (Lipinski definition) is 5. The van der Waals surface area contributed by atoms with Crippen molar-refractivity contribution >= 4 is 17.8 Å². The minimum Gasteiger partial charge on any atom is -0.494 e. The van der Waals surface area contributed by atoms with Crippen LogP contribution in [0.2, 0.25) is 0 Å². The average Bonchev–Trinajstić information content (AvgIpc) is 2.64. The van der Waals surface area contributed by atoms with Gasteiger partial charge in [-0.25, -0.2) is 5.43 Å². The van der Waals surface area contributed by atoms with Gasteiger partial charge in [-0.1, -0.05) is 0 Å². The first-order valence-corrected chi connectivity index (χ1v) is 8.55. The van der Waals surface area contributed by atoms with Gasteiger partial charge in [-0.3, -0.25) is 4.79 Å². The van der Waals surface area contributed by atoms with E-state index < -0.39 is 0 Å². The molecule has 0 bridgehead atoms. The van der Waals surface area contributed by atoms with Crippen LogP contribution in [0.4, 0.5) is 5.69 Å². The molecule has 26 heavy (non-hydrogen) atoms. The van der Waals surface area contributed by atoms with Crippen LogP contribution in [0.15, 0.2) is 47.6 Å². The molecule has 0 unspecified atom stereocenters. The second-order valence-electron chi connectivity index (χ2n) is 5.71. The molecule has 0 aliphatic carbocycles. The Morgan fingerprint density at radius 2 is 1.77 bits per heavy atom. The topological polar surface area (TPSA) is 63.2 Å². The highest BCUT2D eigenvalue weighted by Gasteiger charge is 2.06. The van der Waals surface area contributed by atoms with E-state index in [2.05, 4.69) is 10.5 Å². The van der Waals surface area contributed by atoms with E-state index >= 15 is 0 Å². The molecule has 6 heteroatoms. The summed E-state index contributed by atoms with van der Waals surface area (Å²) in [5.74, 6) is 1.13. The lowest BCUT2D eigenvalue weighted by Crippen LogP contribution is -2.18. The number of benzene rings is 2. The number of carbonyl (C=O) groups excluding carboxylic acids is 1. The predicted molar refractivity (Wildman–Crippen MR) is 105 cm³/mol. The summed E-state index contributed by atoms with van der Waals surface area (Å²) in [5.41, 5.74) is 4.87. The molecule has 2 rings (SSSR count). The zero-order valence-electron chi connectivity index (χ0n) is 15.7. The van der Waals surface area contributed by atoms with Crippen molar-refractivity contribution in [3.63, 3.8) is 0 Å². The van der Waals surface area contributed by atoms with Crippen LogP contribution in [0.5, 0.6) is 11.5 Å². The lowest BCUT2D eigenvalue weighted by molar-refractivity contribution is 0.0955. The first-order chi connectivity index (χ1) is 12.5. The number of nitrogens with zero attached hydrogens (tertiary/aromatic N) is 2. The molecule has 2 aromatic carbocycles. The molecule has 0 fully saturated rings. The molecule has 0 aliphatic rings. The van der Waals surface area contributed by atoms with E-state index in [1.165, 1.54) is 0 Å². The summed E-state index contributed by atoms with van der Waals surface area (Å²) < 4.78 is 11.1. The SMILES string of the molecule is CCOc1ccc(/C=N/NC(=O)c2ccc(N(C)C)cc2)c(OCC)c1. The highest BCUT2D eigenvalue weighted by Crippen LogP contribution is 2.24. The predicted octanol–water partition coefficient (Wildman–Crippen LogP) is 3.31. The number of carbonyl (C=O) groups is 1. The highest BCUT2D eigenvalue weighted by atomic mass is 16.5. The minimum atomic E-state index is -0.268. The first-order valence-electron chi connectivity index (χ1n) is 8.55. The number of rotatable bonds is 8. The maximum atomic E-state index is 12.2. The summed E-state index contributed by atoms with van der Waals surface area (Å²) in [6, 6.07) is 12.8. The Kier molecular flexibility index (Phi) is 7.02. The van der Waals surface area contributed by atoms with Gasteiger partial charge in [0.1, 0.15) is 11.5 Å². The zero-order valence-corrected chi connectivity index (χ0v) is 15.7. The van der Waals surface area contributed by atoms with Crippen LogP contribution in [-0.4, -0.2) is 39.4 Å². The van der Waals surface area contributed by atoms with Crippen LogP contribution in [0.3, 0.4) is 0 Å². The molecular formula is C20H25N3O3. The monoisotopic (exact) mass is 355 g/mol. The van der Waals surface area contributed by atoms with Gasteiger partial charge >= 0.3 is 0 Å². The second kappa shape index (κ2) is 9.46. The van der Waals surface area contributed by atoms with Gasteiger partial charge in [-0.15, -0.1) is 0 Å². The van der Waals surface area contributed by atoms with Gasteiger partial charge in [-0.05, 0) is 50.2 Å². The van der Waals surface area contributed by atoms with Gasteiger partial charge in [0.2, 0.25) is 0 Å². The van der Waals surface area contributed by atoms with Gasteiger partial charge in [0, 0.05) is 37.0 Å². The number of ether oxygens (including phenoxy) is 2. The van der Waals surface area contributed by atoms with Crippen LogP contribution in [0, 0.1) is 0 Å². The highest BCUT2D eigenvalue weighted by molar-refractivity contribution is 5.95. The normalized spacial score (nSPS) is 10.6. The minimum absolute atomic E-state index is 0.268. The largest absolute Gasteiger partial charge is 0.494 e. The summed E-state index contributed by atoms with van der Waals surface area (Å²) >= 11 is 0. The summed E-state index contributed by atoms with van der Waals surface area (Å²) in [6.45, 7) is 4.95. The third kappa shape index (κ3) is 5.24. The van der Waals surface area contributed by atoms with Gasteiger partial charge in [0.25, 0.3) is 5.91 Å². The Hall–Kier alpha value is -3.02. The third-order valence-corrected chi connectivity index (χ3v) is 3.61. The van der Waals surface area contributed by atoms with E-state index in [1.54, 1.807) is 18.3 Å². The fourth-order valence-electron chi connectivity index (χ4n) is 2.29. The van der Waals surface area contributed by atoms with Crippen LogP contribution in [0.25, 0.3) is 0 Å². The van der Waals surface area contributed by atoms with Gasteiger partial charge in [-0.2, -0.15) is 5.10 Å². The smallest absolute Gasteiger partial charge is 0.271 e. The molecule has 0 radical (unpaired) electrons. The average molecular weight is 355 g/mol. The molecular weight excluding hydrogens is 330 g/mol. The number of amides is 1. The zero-order chi connectivity index (χ0) is 18.9. The lowest BCUT2D eigenvalue weighted by atomic mass is 10.2. The molecule has 6 nitrogen and oxygen atoms in total. The molecule has 0 heterocycles. The van der Waals surface area contributed by atoms with Crippen molar-refractivity contribution in [3.8, 4) is 11.5 Å². The van der Waals surface area contributed by atoms with Gasteiger partial charge in [0.15, 0.2) is 0 Å². The van der Waals surface area contributed by atoms with Gasteiger partial charge < -0.3 is 14.4 Å². The van der Waals surface area contributed by atoms with E-state index in [9.17, 15) is 4.79 Å². The Labute approximate surface area is 154 Å². The van der Waals surface area contributed by atoms with Crippen LogP contribution in [0.1, 0.15) is 29.8 Å². The summed E-state index contributed by atoms with van der Waals surface area (Å²) in [7, 11) is 3.90. The number of hydrazone groups is 1. The van der Waals surface area contributed by atoms with E-state index in [1.807, 2.05) is 63.2 Å². The van der Waals surface area contributed by atoms with E-state index in [4.69, 9.17) is 9.47 Å². The van der Waals surface area contributed by atoms with Crippen molar-refractivity contribution in [2.75, 3.05) is 32.2 Å². The van der Waals surface area contributed by atoms with E-state index in [0.717, 1.165) is 17.0 Å². The molecule has 1 amide bonds.